The monoisotopic (exact) mass is 362 g/mol. The van der Waals surface area contributed by atoms with Gasteiger partial charge >= 0.3 is 5.97 Å². The second kappa shape index (κ2) is 7.64. The Kier molecular flexibility index (Phi) is 5.94. The Hall–Kier alpha value is -2.11. The zero-order chi connectivity index (χ0) is 19.6. The molecule has 6 heteroatoms. The summed E-state index contributed by atoms with van der Waals surface area (Å²) in [7, 11) is 1.28. The van der Waals surface area contributed by atoms with E-state index >= 15 is 0 Å². The van der Waals surface area contributed by atoms with Crippen molar-refractivity contribution in [1.82, 2.24) is 9.88 Å². The first-order valence-corrected chi connectivity index (χ1v) is 9.13. The van der Waals surface area contributed by atoms with E-state index in [9.17, 15) is 14.4 Å². The average Bonchev–Trinajstić information content (AvgIpc) is 2.76. The minimum absolute atomic E-state index is 0.0754. The molecule has 1 aromatic rings. The number of nitrogens with one attached hydrogen (secondary N) is 1. The number of ether oxygens (including phenoxy) is 1. The van der Waals surface area contributed by atoms with Gasteiger partial charge in [0.15, 0.2) is 5.78 Å². The Balaban J connectivity index is 2.37. The van der Waals surface area contributed by atoms with Gasteiger partial charge in [0.25, 0.3) is 0 Å². The number of ketones is 1. The van der Waals surface area contributed by atoms with Crippen LogP contribution >= 0.6 is 0 Å². The van der Waals surface area contributed by atoms with Gasteiger partial charge in [0.2, 0.25) is 5.91 Å². The third kappa shape index (κ3) is 4.34. The molecule has 1 aromatic heterocycles. The van der Waals surface area contributed by atoms with Crippen LogP contribution in [0.25, 0.3) is 0 Å². The van der Waals surface area contributed by atoms with Gasteiger partial charge in [-0.25, -0.2) is 0 Å². The predicted molar refractivity (Wildman–Crippen MR) is 99.2 cm³/mol. The van der Waals surface area contributed by atoms with Gasteiger partial charge in [-0.15, -0.1) is 0 Å². The van der Waals surface area contributed by atoms with Crippen LogP contribution in [0.1, 0.15) is 61.4 Å². The summed E-state index contributed by atoms with van der Waals surface area (Å²) in [4.78, 5) is 36.4. The number of carbonyl (C=O) groups excluding carboxylic acids is 3. The van der Waals surface area contributed by atoms with Crippen molar-refractivity contribution in [1.29, 1.82) is 0 Å². The van der Waals surface area contributed by atoms with Crippen molar-refractivity contribution >= 4 is 17.7 Å². The lowest BCUT2D eigenvalue weighted by molar-refractivity contribution is -0.141. The van der Waals surface area contributed by atoms with Gasteiger partial charge in [-0.2, -0.15) is 0 Å². The first-order valence-electron chi connectivity index (χ1n) is 9.13. The first-order chi connectivity index (χ1) is 12.1. The van der Waals surface area contributed by atoms with E-state index in [1.165, 1.54) is 7.11 Å². The number of nitrogens with zero attached hydrogens (tertiary/aromatic N) is 1. The summed E-state index contributed by atoms with van der Waals surface area (Å²) in [5.74, 6) is -0.225. The maximum Gasteiger partial charge on any atom is 0.325 e. The molecular weight excluding hydrogens is 332 g/mol. The third-order valence-corrected chi connectivity index (χ3v) is 4.86. The summed E-state index contributed by atoms with van der Waals surface area (Å²) in [5.41, 5.74) is 3.46. The summed E-state index contributed by atoms with van der Waals surface area (Å²) >= 11 is 0. The fourth-order valence-electron chi connectivity index (χ4n) is 3.70. The minimum atomic E-state index is -0.493. The van der Waals surface area contributed by atoms with Gasteiger partial charge in [-0.3, -0.25) is 14.4 Å². The molecule has 0 radical (unpaired) electrons. The normalized spacial score (nSPS) is 15.7. The van der Waals surface area contributed by atoms with E-state index in [1.807, 2.05) is 6.92 Å². The largest absolute Gasteiger partial charge is 0.468 e. The molecule has 0 atom stereocenters. The topological polar surface area (TPSA) is 77.4 Å². The third-order valence-electron chi connectivity index (χ3n) is 4.86. The number of Topliss-reactive ketones (excluding diaryl/α,β-unsaturated/α-hetero) is 1. The highest BCUT2D eigenvalue weighted by molar-refractivity contribution is 6.02. The van der Waals surface area contributed by atoms with Crippen molar-refractivity contribution in [2.24, 2.45) is 11.3 Å². The molecule has 26 heavy (non-hydrogen) atoms. The molecule has 0 spiro atoms. The molecule has 6 nitrogen and oxygen atoms in total. The van der Waals surface area contributed by atoms with E-state index in [0.717, 1.165) is 35.5 Å². The molecular formula is C20H30N2O4. The number of aromatic nitrogens is 1. The van der Waals surface area contributed by atoms with Gasteiger partial charge < -0.3 is 14.6 Å². The number of methoxy groups -OCH3 is 1. The Morgan fingerprint density at radius 3 is 2.50 bits per heavy atom. The molecule has 1 N–H and O–H groups in total. The molecule has 144 valence electrons. The number of carbonyl (C=O) groups is 3. The van der Waals surface area contributed by atoms with Crippen LogP contribution < -0.4 is 5.32 Å². The maximum atomic E-state index is 12.8. The number of fused-ring (bicyclic) bond motifs is 1. The molecule has 1 aliphatic carbocycles. The molecule has 0 saturated heterocycles. The fourth-order valence-corrected chi connectivity index (χ4v) is 3.70. The number of hydrogen-bond acceptors (Lipinski definition) is 4. The second-order valence-corrected chi connectivity index (χ2v) is 8.36. The predicted octanol–water partition coefficient (Wildman–Crippen LogP) is 2.44. The summed E-state index contributed by atoms with van der Waals surface area (Å²) in [5, 5.41) is 2.56. The molecule has 0 fully saturated rings. The van der Waals surface area contributed by atoms with Crippen molar-refractivity contribution in [3.63, 3.8) is 0 Å². The van der Waals surface area contributed by atoms with E-state index in [-0.39, 0.29) is 30.1 Å². The molecule has 2 rings (SSSR count). The fraction of sp³-hybridized carbons (Fsp3) is 0.650. The molecule has 0 saturated carbocycles. The quantitative estimate of drug-likeness (QED) is 0.789. The Bertz CT molecular complexity index is 729. The summed E-state index contributed by atoms with van der Waals surface area (Å²) in [6.45, 7) is 11.1. The number of hydrogen-bond donors (Lipinski definition) is 1. The van der Waals surface area contributed by atoms with Crippen molar-refractivity contribution in [2.75, 3.05) is 13.7 Å². The van der Waals surface area contributed by atoms with Crippen LogP contribution in [0.15, 0.2) is 0 Å². The van der Waals surface area contributed by atoms with E-state index in [0.29, 0.717) is 12.3 Å². The lowest BCUT2D eigenvalue weighted by atomic mass is 9.75. The van der Waals surface area contributed by atoms with Gasteiger partial charge in [-0.05, 0) is 30.2 Å². The highest BCUT2D eigenvalue weighted by Crippen LogP contribution is 2.39. The van der Waals surface area contributed by atoms with E-state index in [2.05, 4.69) is 42.3 Å². The Labute approximate surface area is 155 Å². The van der Waals surface area contributed by atoms with Crippen LogP contribution in [-0.4, -0.2) is 35.9 Å². The van der Waals surface area contributed by atoms with Crippen LogP contribution in [0.4, 0.5) is 0 Å². The van der Waals surface area contributed by atoms with Crippen molar-refractivity contribution < 1.29 is 19.1 Å². The summed E-state index contributed by atoms with van der Waals surface area (Å²) in [6.07, 6.45) is 1.41. The van der Waals surface area contributed by atoms with Gasteiger partial charge in [-0.1, -0.05) is 27.7 Å². The number of rotatable bonds is 6. The SMILES string of the molecule is COC(=O)CNC(=O)Cc1c2c(n(CC(C)C)c1C)CC(C)(C)CC2=O. The molecule has 0 aromatic carbocycles. The Morgan fingerprint density at radius 1 is 1.27 bits per heavy atom. The standard InChI is InChI=1S/C20H30N2O4/c1-12(2)11-22-13(3)14(7-17(24)21-10-18(25)26-6)19-15(22)8-20(4,5)9-16(19)23/h12H,7-11H2,1-6H3,(H,21,24). The molecule has 0 bridgehead atoms. The van der Waals surface area contributed by atoms with Gasteiger partial charge in [0.05, 0.1) is 13.5 Å². The van der Waals surface area contributed by atoms with E-state index in [1.54, 1.807) is 0 Å². The Morgan fingerprint density at radius 2 is 1.92 bits per heavy atom. The molecule has 0 aliphatic heterocycles. The molecule has 1 amide bonds. The first kappa shape index (κ1) is 20.2. The molecule has 1 heterocycles. The average molecular weight is 362 g/mol. The second-order valence-electron chi connectivity index (χ2n) is 8.36. The lowest BCUT2D eigenvalue weighted by Crippen LogP contribution is -2.32. The highest BCUT2D eigenvalue weighted by atomic mass is 16.5. The van der Waals surface area contributed by atoms with Crippen LogP contribution in [0, 0.1) is 18.3 Å². The van der Waals surface area contributed by atoms with Crippen LogP contribution in [-0.2, 0) is 33.7 Å². The number of esters is 1. The summed E-state index contributed by atoms with van der Waals surface area (Å²) < 4.78 is 6.75. The summed E-state index contributed by atoms with van der Waals surface area (Å²) in [6, 6.07) is 0. The molecule has 0 unspecified atom stereocenters. The van der Waals surface area contributed by atoms with Crippen LogP contribution in [0.5, 0.6) is 0 Å². The minimum Gasteiger partial charge on any atom is -0.468 e. The van der Waals surface area contributed by atoms with Crippen molar-refractivity contribution in [3.8, 4) is 0 Å². The van der Waals surface area contributed by atoms with Gasteiger partial charge in [0, 0.05) is 29.9 Å². The van der Waals surface area contributed by atoms with Crippen molar-refractivity contribution in [3.05, 3.63) is 22.5 Å². The maximum absolute atomic E-state index is 12.8. The van der Waals surface area contributed by atoms with Crippen molar-refractivity contribution in [2.45, 2.75) is 60.4 Å². The van der Waals surface area contributed by atoms with Crippen LogP contribution in [0.2, 0.25) is 0 Å². The molecule has 1 aliphatic rings. The number of amides is 1. The lowest BCUT2D eigenvalue weighted by Gasteiger charge is -2.30. The van der Waals surface area contributed by atoms with Crippen LogP contribution in [0.3, 0.4) is 0 Å². The smallest absolute Gasteiger partial charge is 0.325 e. The zero-order valence-electron chi connectivity index (χ0n) is 16.7. The van der Waals surface area contributed by atoms with Gasteiger partial charge in [0.1, 0.15) is 6.54 Å². The van der Waals surface area contributed by atoms with E-state index in [4.69, 9.17) is 0 Å². The zero-order valence-corrected chi connectivity index (χ0v) is 16.7. The highest BCUT2D eigenvalue weighted by Gasteiger charge is 2.37. The van der Waals surface area contributed by atoms with E-state index < -0.39 is 5.97 Å².